The molecule has 0 aliphatic carbocycles. The zero-order valence-corrected chi connectivity index (χ0v) is 17.0. The third-order valence-corrected chi connectivity index (χ3v) is 5.87. The number of aryl methyl sites for hydroxylation is 1. The number of carbonyl (C=O) groups is 1. The van der Waals surface area contributed by atoms with Crippen LogP contribution in [0.3, 0.4) is 0 Å². The van der Waals surface area contributed by atoms with Crippen LogP contribution in [0, 0.1) is 12.7 Å². The number of halogens is 2. The van der Waals surface area contributed by atoms with Crippen LogP contribution in [0.5, 0.6) is 0 Å². The molecule has 8 heteroatoms. The van der Waals surface area contributed by atoms with Crippen molar-refractivity contribution in [1.29, 1.82) is 0 Å². The summed E-state index contributed by atoms with van der Waals surface area (Å²) in [6.07, 6.45) is 0. The molecule has 0 bridgehead atoms. The number of hydrogen-bond donors (Lipinski definition) is 2. The first-order valence-corrected chi connectivity index (χ1v) is 10.5. The van der Waals surface area contributed by atoms with E-state index < -0.39 is 10.0 Å². The molecule has 5 nitrogen and oxygen atoms in total. The van der Waals surface area contributed by atoms with Gasteiger partial charge in [-0.15, -0.1) is 0 Å². The number of nitrogens with one attached hydrogen (secondary N) is 2. The van der Waals surface area contributed by atoms with E-state index in [9.17, 15) is 17.6 Å². The monoisotopic (exact) mass is 432 g/mol. The predicted molar refractivity (Wildman–Crippen MR) is 111 cm³/mol. The fourth-order valence-electron chi connectivity index (χ4n) is 2.58. The van der Waals surface area contributed by atoms with Crippen LogP contribution in [0.4, 0.5) is 10.1 Å². The Morgan fingerprint density at radius 2 is 1.66 bits per heavy atom. The van der Waals surface area contributed by atoms with Crippen LogP contribution in [-0.2, 0) is 16.6 Å². The summed E-state index contributed by atoms with van der Waals surface area (Å²) in [7, 11) is -3.83. The van der Waals surface area contributed by atoms with Gasteiger partial charge in [-0.1, -0.05) is 29.8 Å². The summed E-state index contributed by atoms with van der Waals surface area (Å²) in [4.78, 5) is 12.5. The van der Waals surface area contributed by atoms with Crippen molar-refractivity contribution in [3.05, 3.63) is 94.3 Å². The Morgan fingerprint density at radius 1 is 1.00 bits per heavy atom. The zero-order chi connectivity index (χ0) is 21.0. The molecule has 2 N–H and O–H groups in total. The lowest BCUT2D eigenvalue weighted by atomic mass is 10.1. The molecule has 3 rings (SSSR count). The number of anilines is 1. The van der Waals surface area contributed by atoms with Crippen molar-refractivity contribution in [3.8, 4) is 0 Å². The van der Waals surface area contributed by atoms with E-state index in [1.165, 1.54) is 42.5 Å². The standard InChI is InChI=1S/C21H18ClFN2O3S/c1-14-2-5-16(21(26)24-13-15-3-8-18(23)9-4-15)12-20(14)25-29(27,28)19-10-6-17(22)7-11-19/h2-12,25H,13H2,1H3,(H,24,26). The number of hydrogen-bond acceptors (Lipinski definition) is 3. The number of amides is 1. The molecule has 0 spiro atoms. The highest BCUT2D eigenvalue weighted by Gasteiger charge is 2.16. The molecule has 0 fully saturated rings. The Hall–Kier alpha value is -2.90. The Bertz CT molecular complexity index is 1130. The molecule has 0 heterocycles. The molecule has 0 aromatic heterocycles. The summed E-state index contributed by atoms with van der Waals surface area (Å²) in [5.74, 6) is -0.725. The van der Waals surface area contributed by atoms with Crippen LogP contribution in [-0.4, -0.2) is 14.3 Å². The summed E-state index contributed by atoms with van der Waals surface area (Å²) in [6.45, 7) is 1.96. The van der Waals surface area contributed by atoms with Gasteiger partial charge < -0.3 is 5.32 Å². The van der Waals surface area contributed by atoms with E-state index in [1.54, 1.807) is 31.2 Å². The number of benzene rings is 3. The van der Waals surface area contributed by atoms with Crippen molar-refractivity contribution < 1.29 is 17.6 Å². The third-order valence-electron chi connectivity index (χ3n) is 4.23. The number of rotatable bonds is 6. The van der Waals surface area contributed by atoms with Crippen LogP contribution in [0.2, 0.25) is 5.02 Å². The second-order valence-electron chi connectivity index (χ2n) is 6.40. The lowest BCUT2D eigenvalue weighted by Crippen LogP contribution is -2.23. The van der Waals surface area contributed by atoms with Gasteiger partial charge in [0.2, 0.25) is 0 Å². The van der Waals surface area contributed by atoms with E-state index >= 15 is 0 Å². The van der Waals surface area contributed by atoms with E-state index in [1.807, 2.05) is 0 Å². The molecule has 3 aromatic rings. The molecule has 29 heavy (non-hydrogen) atoms. The van der Waals surface area contributed by atoms with Crippen molar-refractivity contribution in [2.24, 2.45) is 0 Å². The fraction of sp³-hybridized carbons (Fsp3) is 0.0952. The summed E-state index contributed by atoms with van der Waals surface area (Å²) in [5.41, 5.74) is 2.01. The van der Waals surface area contributed by atoms with E-state index in [4.69, 9.17) is 11.6 Å². The topological polar surface area (TPSA) is 75.3 Å². The molecule has 0 unspecified atom stereocenters. The lowest BCUT2D eigenvalue weighted by molar-refractivity contribution is 0.0951. The third kappa shape index (κ3) is 5.34. The summed E-state index contributed by atoms with van der Waals surface area (Å²) in [6, 6.07) is 16.3. The van der Waals surface area contributed by atoms with Crippen molar-refractivity contribution in [1.82, 2.24) is 5.32 Å². The minimum Gasteiger partial charge on any atom is -0.348 e. The van der Waals surface area contributed by atoms with Gasteiger partial charge in [-0.3, -0.25) is 9.52 Å². The van der Waals surface area contributed by atoms with Gasteiger partial charge in [0, 0.05) is 17.1 Å². The van der Waals surface area contributed by atoms with E-state index in [0.717, 1.165) is 5.56 Å². The molecule has 150 valence electrons. The quantitative estimate of drug-likeness (QED) is 0.601. The maximum Gasteiger partial charge on any atom is 0.261 e. The molecule has 1 amide bonds. The number of sulfonamides is 1. The van der Waals surface area contributed by atoms with Crippen LogP contribution in [0.1, 0.15) is 21.5 Å². The van der Waals surface area contributed by atoms with Crippen molar-refractivity contribution in [2.45, 2.75) is 18.4 Å². The Labute approximate surface area is 173 Å². The van der Waals surface area contributed by atoms with Gasteiger partial charge in [0.15, 0.2) is 0 Å². The van der Waals surface area contributed by atoms with Gasteiger partial charge in [0.25, 0.3) is 15.9 Å². The largest absolute Gasteiger partial charge is 0.348 e. The van der Waals surface area contributed by atoms with E-state index in [2.05, 4.69) is 10.0 Å². The van der Waals surface area contributed by atoms with Gasteiger partial charge in [0.05, 0.1) is 10.6 Å². The van der Waals surface area contributed by atoms with Gasteiger partial charge in [-0.2, -0.15) is 0 Å². The Balaban J connectivity index is 1.75. The summed E-state index contributed by atoms with van der Waals surface area (Å²) >= 11 is 5.81. The summed E-state index contributed by atoms with van der Waals surface area (Å²) < 4.78 is 40.7. The number of carbonyl (C=O) groups excluding carboxylic acids is 1. The van der Waals surface area contributed by atoms with Crippen LogP contribution in [0.15, 0.2) is 71.6 Å². The maximum atomic E-state index is 13.0. The van der Waals surface area contributed by atoms with Crippen molar-refractivity contribution in [3.63, 3.8) is 0 Å². The second-order valence-corrected chi connectivity index (χ2v) is 8.52. The molecule has 0 saturated heterocycles. The summed E-state index contributed by atoms with van der Waals surface area (Å²) in [5, 5.41) is 3.16. The average Bonchev–Trinajstić information content (AvgIpc) is 2.69. The molecule has 0 saturated carbocycles. The van der Waals surface area contributed by atoms with Crippen molar-refractivity contribution >= 4 is 33.2 Å². The minimum atomic E-state index is -3.83. The molecule has 0 aliphatic rings. The first kappa shape index (κ1) is 20.8. The first-order chi connectivity index (χ1) is 13.7. The minimum absolute atomic E-state index is 0.0625. The predicted octanol–water partition coefficient (Wildman–Crippen LogP) is 4.52. The van der Waals surface area contributed by atoms with Crippen LogP contribution < -0.4 is 10.0 Å². The normalized spacial score (nSPS) is 11.1. The van der Waals surface area contributed by atoms with Crippen LogP contribution >= 0.6 is 11.6 Å². The highest BCUT2D eigenvalue weighted by atomic mass is 35.5. The molecule has 0 aliphatic heterocycles. The fourth-order valence-corrected chi connectivity index (χ4v) is 3.82. The average molecular weight is 433 g/mol. The lowest BCUT2D eigenvalue weighted by Gasteiger charge is -2.13. The van der Waals surface area contributed by atoms with Crippen LogP contribution in [0.25, 0.3) is 0 Å². The SMILES string of the molecule is Cc1ccc(C(=O)NCc2ccc(F)cc2)cc1NS(=O)(=O)c1ccc(Cl)cc1. The smallest absolute Gasteiger partial charge is 0.261 e. The van der Waals surface area contributed by atoms with E-state index in [0.29, 0.717) is 21.8 Å². The maximum absolute atomic E-state index is 13.0. The van der Waals surface area contributed by atoms with E-state index in [-0.39, 0.29) is 23.2 Å². The van der Waals surface area contributed by atoms with Gasteiger partial charge >= 0.3 is 0 Å². The zero-order valence-electron chi connectivity index (χ0n) is 15.4. The molecule has 3 aromatic carbocycles. The molecule has 0 atom stereocenters. The molecular formula is C21H18ClFN2O3S. The highest BCUT2D eigenvalue weighted by Crippen LogP contribution is 2.22. The highest BCUT2D eigenvalue weighted by molar-refractivity contribution is 7.92. The Morgan fingerprint density at radius 3 is 2.31 bits per heavy atom. The second kappa shape index (κ2) is 8.63. The van der Waals surface area contributed by atoms with Gasteiger partial charge in [-0.05, 0) is 66.6 Å². The molecular weight excluding hydrogens is 415 g/mol. The van der Waals surface area contributed by atoms with Gasteiger partial charge in [0.1, 0.15) is 5.82 Å². The van der Waals surface area contributed by atoms with Crippen molar-refractivity contribution in [2.75, 3.05) is 4.72 Å². The van der Waals surface area contributed by atoms with Gasteiger partial charge in [-0.25, -0.2) is 12.8 Å². The first-order valence-electron chi connectivity index (χ1n) is 8.66. The molecule has 0 radical (unpaired) electrons. The Kier molecular flexibility index (Phi) is 6.20.